The first-order chi connectivity index (χ1) is 11.7. The molecule has 0 saturated carbocycles. The molecular weight excluding hydrogens is 330 g/mol. The maximum absolute atomic E-state index is 11.8. The number of nitrogens with zero attached hydrogens (tertiary/aromatic N) is 2. The van der Waals surface area contributed by atoms with Crippen molar-refractivity contribution >= 4 is 23.3 Å². The maximum atomic E-state index is 11.8. The highest BCUT2D eigenvalue weighted by Crippen LogP contribution is 2.36. The van der Waals surface area contributed by atoms with Crippen LogP contribution in [0.4, 0.5) is 0 Å². The van der Waals surface area contributed by atoms with E-state index in [2.05, 4.69) is 15.2 Å². The van der Waals surface area contributed by atoms with Gasteiger partial charge >= 0.3 is 0 Å². The summed E-state index contributed by atoms with van der Waals surface area (Å²) in [5.74, 6) is 0.0755. The van der Waals surface area contributed by atoms with Crippen LogP contribution in [-0.2, 0) is 0 Å². The van der Waals surface area contributed by atoms with Gasteiger partial charge in [0, 0.05) is 12.1 Å². The van der Waals surface area contributed by atoms with Gasteiger partial charge in [0.1, 0.15) is 24.1 Å². The Morgan fingerprint density at radius 3 is 3.00 bits per heavy atom. The van der Waals surface area contributed by atoms with Crippen LogP contribution in [0.3, 0.4) is 0 Å². The van der Waals surface area contributed by atoms with Crippen molar-refractivity contribution in [3.63, 3.8) is 0 Å². The molecule has 8 heteroatoms. The highest BCUT2D eigenvalue weighted by molar-refractivity contribution is 7.99. The summed E-state index contributed by atoms with van der Waals surface area (Å²) in [6.07, 6.45) is 3.65. The predicted octanol–water partition coefficient (Wildman–Crippen LogP) is 3.34. The summed E-state index contributed by atoms with van der Waals surface area (Å²) in [4.78, 5) is 16.5. The van der Waals surface area contributed by atoms with Gasteiger partial charge in [0.25, 0.3) is 0 Å². The van der Waals surface area contributed by atoms with Crippen LogP contribution >= 0.6 is 11.8 Å². The van der Waals surface area contributed by atoms with Crippen LogP contribution in [-0.4, -0.2) is 33.2 Å². The molecule has 1 aromatic carbocycles. The molecule has 0 aliphatic heterocycles. The van der Waals surface area contributed by atoms with Crippen molar-refractivity contribution in [2.24, 2.45) is 0 Å². The number of para-hydroxylation sites is 1. The number of nitrogens with one attached hydrogen (secondary N) is 1. The number of ketones is 1. The van der Waals surface area contributed by atoms with Gasteiger partial charge in [0.05, 0.1) is 17.6 Å². The van der Waals surface area contributed by atoms with Crippen LogP contribution in [0.25, 0.3) is 5.76 Å². The van der Waals surface area contributed by atoms with Crippen molar-refractivity contribution in [3.8, 4) is 5.75 Å². The molecule has 7 nitrogen and oxygen atoms in total. The number of benzene rings is 1. The molecule has 0 saturated heterocycles. The molecule has 0 aliphatic rings. The second-order valence-corrected chi connectivity index (χ2v) is 5.68. The molecule has 0 fully saturated rings. The van der Waals surface area contributed by atoms with Crippen LogP contribution in [0.15, 0.2) is 63.4 Å². The number of hydrogen-bond donors (Lipinski definition) is 2. The Balaban J connectivity index is 1.76. The van der Waals surface area contributed by atoms with Gasteiger partial charge in [-0.15, -0.1) is 0 Å². The van der Waals surface area contributed by atoms with Crippen molar-refractivity contribution in [1.82, 2.24) is 15.2 Å². The second-order valence-electron chi connectivity index (χ2n) is 4.64. The average Bonchev–Trinajstić information content (AvgIpc) is 3.27. The topological polar surface area (TPSA) is 101 Å². The number of aromatic amines is 1. The third-order valence-electron chi connectivity index (χ3n) is 3.07. The molecule has 0 bridgehead atoms. The van der Waals surface area contributed by atoms with Crippen LogP contribution in [0.1, 0.15) is 16.2 Å². The molecule has 3 aromatic rings. The maximum Gasteiger partial charge on any atom is 0.226 e. The van der Waals surface area contributed by atoms with E-state index in [0.29, 0.717) is 10.7 Å². The molecule has 0 atom stereocenters. The zero-order valence-corrected chi connectivity index (χ0v) is 13.4. The van der Waals surface area contributed by atoms with Gasteiger partial charge in [-0.25, -0.2) is 4.98 Å². The minimum atomic E-state index is -0.481. The van der Waals surface area contributed by atoms with E-state index < -0.39 is 5.78 Å². The molecule has 3 rings (SSSR count). The fraction of sp³-hybridized carbons (Fsp3) is 0.0625. The van der Waals surface area contributed by atoms with E-state index in [0.717, 1.165) is 16.7 Å². The van der Waals surface area contributed by atoms with Crippen molar-refractivity contribution < 1.29 is 19.1 Å². The number of carbonyl (C=O) groups is 1. The molecule has 0 spiro atoms. The summed E-state index contributed by atoms with van der Waals surface area (Å²) >= 11 is 1.35. The Bertz CT molecular complexity index is 871. The number of ether oxygens (including phenoxy) is 1. The molecule has 2 N–H and O–H groups in total. The van der Waals surface area contributed by atoms with Crippen LogP contribution in [0, 0.1) is 0 Å². The first kappa shape index (κ1) is 15.9. The number of aromatic nitrogens is 3. The lowest BCUT2D eigenvalue weighted by Gasteiger charge is -2.05. The first-order valence-corrected chi connectivity index (χ1v) is 7.69. The fourth-order valence-corrected chi connectivity index (χ4v) is 2.81. The van der Waals surface area contributed by atoms with Crippen LogP contribution in [0.5, 0.6) is 5.75 Å². The minimum absolute atomic E-state index is 0.0497. The SMILES string of the molecule is COc1ccccc1Sc1cc(C(O)=CC(=O)c2ncn[nH]2)co1. The van der Waals surface area contributed by atoms with Gasteiger partial charge in [-0.1, -0.05) is 12.1 Å². The summed E-state index contributed by atoms with van der Waals surface area (Å²) in [5, 5.41) is 16.6. The Morgan fingerprint density at radius 2 is 2.25 bits per heavy atom. The monoisotopic (exact) mass is 343 g/mol. The van der Waals surface area contributed by atoms with Gasteiger partial charge in [-0.05, 0) is 23.9 Å². The normalized spacial score (nSPS) is 11.5. The van der Waals surface area contributed by atoms with E-state index in [4.69, 9.17) is 9.15 Å². The van der Waals surface area contributed by atoms with E-state index in [1.165, 1.54) is 24.4 Å². The Hall–Kier alpha value is -3.00. The Kier molecular flexibility index (Phi) is 4.66. The molecule has 24 heavy (non-hydrogen) atoms. The van der Waals surface area contributed by atoms with E-state index in [1.54, 1.807) is 13.2 Å². The lowest BCUT2D eigenvalue weighted by molar-refractivity contribution is 0.103. The molecule has 2 heterocycles. The lowest BCUT2D eigenvalue weighted by atomic mass is 10.2. The summed E-state index contributed by atoms with van der Waals surface area (Å²) in [7, 11) is 1.59. The molecule has 2 aromatic heterocycles. The van der Waals surface area contributed by atoms with Crippen molar-refractivity contribution in [2.45, 2.75) is 9.99 Å². The van der Waals surface area contributed by atoms with Gasteiger partial charge in [0.2, 0.25) is 5.78 Å². The number of rotatable bonds is 6. The summed E-state index contributed by atoms with van der Waals surface area (Å²) in [6.45, 7) is 0. The number of aliphatic hydroxyl groups is 1. The largest absolute Gasteiger partial charge is 0.507 e. The highest BCUT2D eigenvalue weighted by atomic mass is 32.2. The zero-order chi connectivity index (χ0) is 16.9. The number of hydrogen-bond acceptors (Lipinski definition) is 7. The quantitative estimate of drug-likeness (QED) is 0.402. The Labute approximate surface area is 141 Å². The van der Waals surface area contributed by atoms with Gasteiger partial charge in [-0.2, -0.15) is 5.10 Å². The number of methoxy groups -OCH3 is 1. The summed E-state index contributed by atoms with van der Waals surface area (Å²) in [6, 6.07) is 9.15. The lowest BCUT2D eigenvalue weighted by Crippen LogP contribution is -1.98. The zero-order valence-electron chi connectivity index (χ0n) is 12.6. The van der Waals surface area contributed by atoms with Crippen molar-refractivity contribution in [1.29, 1.82) is 0 Å². The van der Waals surface area contributed by atoms with Gasteiger partial charge in [-0.3, -0.25) is 9.89 Å². The second kappa shape index (κ2) is 7.05. The number of aliphatic hydroxyl groups excluding tert-OH is 1. The highest BCUT2D eigenvalue weighted by Gasteiger charge is 2.13. The molecule has 0 radical (unpaired) electrons. The van der Waals surface area contributed by atoms with E-state index >= 15 is 0 Å². The number of furan rings is 1. The molecule has 0 aliphatic carbocycles. The number of H-pyrrole nitrogens is 1. The molecule has 0 unspecified atom stereocenters. The molecular formula is C16H13N3O4S. The van der Waals surface area contributed by atoms with Crippen LogP contribution < -0.4 is 4.74 Å². The van der Waals surface area contributed by atoms with E-state index in [9.17, 15) is 9.90 Å². The average molecular weight is 343 g/mol. The molecule has 122 valence electrons. The van der Waals surface area contributed by atoms with Gasteiger partial charge < -0.3 is 14.3 Å². The predicted molar refractivity (Wildman–Crippen MR) is 87.1 cm³/mol. The Morgan fingerprint density at radius 1 is 1.42 bits per heavy atom. The summed E-state index contributed by atoms with van der Waals surface area (Å²) in [5.41, 5.74) is 0.389. The third-order valence-corrected chi connectivity index (χ3v) is 4.04. The van der Waals surface area contributed by atoms with Crippen molar-refractivity contribution in [2.75, 3.05) is 7.11 Å². The van der Waals surface area contributed by atoms with Gasteiger partial charge in [0.15, 0.2) is 10.9 Å². The van der Waals surface area contributed by atoms with Crippen molar-refractivity contribution in [3.05, 3.63) is 60.4 Å². The van der Waals surface area contributed by atoms with Crippen LogP contribution in [0.2, 0.25) is 0 Å². The first-order valence-electron chi connectivity index (χ1n) is 6.87. The molecule has 0 amide bonds. The number of allylic oxidation sites excluding steroid dienone is 1. The van der Waals surface area contributed by atoms with E-state index in [1.807, 2.05) is 24.3 Å². The summed E-state index contributed by atoms with van der Waals surface area (Å²) < 4.78 is 10.7. The smallest absolute Gasteiger partial charge is 0.226 e. The minimum Gasteiger partial charge on any atom is -0.507 e. The third kappa shape index (κ3) is 3.49. The fourth-order valence-electron chi connectivity index (χ4n) is 1.92. The standard InChI is InChI=1S/C16H13N3O4S/c1-22-13-4-2-3-5-14(13)24-15-6-10(8-23-15)11(20)7-12(21)16-17-9-18-19-16/h2-9,20H,1H3,(H,17,18,19). The van der Waals surface area contributed by atoms with E-state index in [-0.39, 0.29) is 11.6 Å². The number of carbonyl (C=O) groups excluding carboxylic acids is 1.